The Hall–Kier alpha value is -3.24. The smallest absolute Gasteiger partial charge is 0.253 e. The summed E-state index contributed by atoms with van der Waals surface area (Å²) in [6, 6.07) is 7.42. The fraction of sp³-hybridized carbons (Fsp3) is 0.538. The van der Waals surface area contributed by atoms with Gasteiger partial charge in [-0.1, -0.05) is 18.2 Å². The van der Waals surface area contributed by atoms with Crippen LogP contribution >= 0.6 is 0 Å². The van der Waals surface area contributed by atoms with Gasteiger partial charge in [0, 0.05) is 63.3 Å². The third-order valence-corrected chi connectivity index (χ3v) is 6.98. The average Bonchev–Trinajstić information content (AvgIpc) is 3.49. The molecule has 36 heavy (non-hydrogen) atoms. The minimum atomic E-state index is -0.357. The molecule has 0 saturated heterocycles. The second-order valence-corrected chi connectivity index (χ2v) is 9.87. The molecule has 0 unspecified atom stereocenters. The first-order valence-electron chi connectivity index (χ1n) is 12.5. The maximum atomic E-state index is 13.3. The number of nitrogens with zero attached hydrogens (tertiary/aromatic N) is 6. The number of aliphatic hydroxyl groups is 1. The van der Waals surface area contributed by atoms with E-state index in [1.807, 2.05) is 62.1 Å². The zero-order chi connectivity index (χ0) is 25.8. The molecule has 1 aliphatic heterocycles. The standard InChI is InChI=1S/C26H36N6O4/c1-18-13-32(19(2)16-33)25(34)6-5-10-31-14-22(27-28-31)17-36-24(18)15-30(4)26(35)21-8-7-20-9-11-29(3)23(20)12-21/h7-9,11-12,14,18-19,24,33H,5-6,10,13,15-17H2,1-4H3/t18-,19+,24+/m0/s1. The van der Waals surface area contributed by atoms with Crippen molar-refractivity contribution in [2.75, 3.05) is 26.7 Å². The summed E-state index contributed by atoms with van der Waals surface area (Å²) in [5, 5.41) is 19.2. The summed E-state index contributed by atoms with van der Waals surface area (Å²) < 4.78 is 10.00. The van der Waals surface area contributed by atoms with Crippen molar-refractivity contribution < 1.29 is 19.4 Å². The van der Waals surface area contributed by atoms with Gasteiger partial charge < -0.3 is 24.2 Å². The van der Waals surface area contributed by atoms with E-state index in [1.54, 1.807) is 21.5 Å². The summed E-state index contributed by atoms with van der Waals surface area (Å²) in [4.78, 5) is 29.8. The minimum Gasteiger partial charge on any atom is -0.394 e. The summed E-state index contributed by atoms with van der Waals surface area (Å²) >= 11 is 0. The number of hydrogen-bond acceptors (Lipinski definition) is 6. The number of aliphatic hydroxyl groups excluding tert-OH is 1. The molecule has 1 aromatic carbocycles. The Morgan fingerprint density at radius 2 is 2.14 bits per heavy atom. The van der Waals surface area contributed by atoms with E-state index in [0.717, 1.165) is 10.9 Å². The Bertz CT molecular complexity index is 1200. The number of aromatic nitrogens is 4. The lowest BCUT2D eigenvalue weighted by molar-refractivity contribution is -0.136. The molecular weight excluding hydrogens is 460 g/mol. The van der Waals surface area contributed by atoms with Crippen molar-refractivity contribution in [1.29, 1.82) is 0 Å². The summed E-state index contributed by atoms with van der Waals surface area (Å²) in [6.07, 6.45) is 4.45. The molecule has 3 aromatic rings. The van der Waals surface area contributed by atoms with Crippen LogP contribution < -0.4 is 0 Å². The van der Waals surface area contributed by atoms with Crippen LogP contribution in [0.1, 0.15) is 42.7 Å². The van der Waals surface area contributed by atoms with Gasteiger partial charge >= 0.3 is 0 Å². The summed E-state index contributed by atoms with van der Waals surface area (Å²) in [7, 11) is 3.73. The molecule has 2 bridgehead atoms. The molecule has 0 fully saturated rings. The molecule has 10 heteroatoms. The Kier molecular flexibility index (Phi) is 8.05. The lowest BCUT2D eigenvalue weighted by atomic mass is 10.0. The first-order valence-corrected chi connectivity index (χ1v) is 12.5. The highest BCUT2D eigenvalue weighted by Gasteiger charge is 2.29. The van der Waals surface area contributed by atoms with Crippen LogP contribution in [0, 0.1) is 5.92 Å². The zero-order valence-electron chi connectivity index (χ0n) is 21.5. The number of benzene rings is 1. The number of ether oxygens (including phenoxy) is 1. The molecule has 10 nitrogen and oxygen atoms in total. The van der Waals surface area contributed by atoms with Gasteiger partial charge in [0.25, 0.3) is 5.91 Å². The molecule has 1 aliphatic rings. The van der Waals surface area contributed by atoms with Crippen LogP contribution in [-0.2, 0) is 29.7 Å². The highest BCUT2D eigenvalue weighted by Crippen LogP contribution is 2.20. The molecule has 2 aromatic heterocycles. The van der Waals surface area contributed by atoms with Gasteiger partial charge in [0.2, 0.25) is 5.91 Å². The maximum absolute atomic E-state index is 13.3. The highest BCUT2D eigenvalue weighted by molar-refractivity contribution is 5.98. The van der Waals surface area contributed by atoms with E-state index in [9.17, 15) is 14.7 Å². The number of carbonyl (C=O) groups is 2. The van der Waals surface area contributed by atoms with Gasteiger partial charge in [-0.25, -0.2) is 0 Å². The number of amides is 2. The largest absolute Gasteiger partial charge is 0.394 e. The van der Waals surface area contributed by atoms with Crippen LogP contribution in [0.15, 0.2) is 36.7 Å². The van der Waals surface area contributed by atoms with Gasteiger partial charge in [0.05, 0.1) is 31.6 Å². The third-order valence-electron chi connectivity index (χ3n) is 6.98. The Labute approximate surface area is 211 Å². The SMILES string of the molecule is C[C@H](CO)N1C[C@H](C)[C@@H](CN(C)C(=O)c2ccc3ccn(C)c3c2)OCc2cn(nn2)CCCC1=O. The molecule has 3 atom stereocenters. The molecule has 3 heterocycles. The van der Waals surface area contributed by atoms with E-state index in [0.29, 0.717) is 43.7 Å². The number of hydrogen-bond donors (Lipinski definition) is 1. The molecular formula is C26H36N6O4. The van der Waals surface area contributed by atoms with Gasteiger partial charge in [0.15, 0.2) is 0 Å². The van der Waals surface area contributed by atoms with Crippen LogP contribution in [0.3, 0.4) is 0 Å². The van der Waals surface area contributed by atoms with Crippen molar-refractivity contribution in [2.45, 2.75) is 52.0 Å². The lowest BCUT2D eigenvalue weighted by Gasteiger charge is -2.35. The molecule has 0 saturated carbocycles. The summed E-state index contributed by atoms with van der Waals surface area (Å²) in [6.45, 7) is 5.35. The third kappa shape index (κ3) is 5.76. The average molecular weight is 497 g/mol. The predicted octanol–water partition coefficient (Wildman–Crippen LogP) is 2.07. The van der Waals surface area contributed by atoms with E-state index in [4.69, 9.17) is 4.74 Å². The second-order valence-electron chi connectivity index (χ2n) is 9.87. The fourth-order valence-electron chi connectivity index (χ4n) is 4.66. The normalized spacial score (nSPS) is 20.5. The van der Waals surface area contributed by atoms with Gasteiger partial charge in [-0.15, -0.1) is 5.10 Å². The topological polar surface area (TPSA) is 106 Å². The molecule has 0 aliphatic carbocycles. The maximum Gasteiger partial charge on any atom is 0.253 e. The van der Waals surface area contributed by atoms with Crippen molar-refractivity contribution in [3.8, 4) is 0 Å². The quantitative estimate of drug-likeness (QED) is 0.580. The van der Waals surface area contributed by atoms with Crippen molar-refractivity contribution in [2.24, 2.45) is 13.0 Å². The van der Waals surface area contributed by atoms with Crippen LogP contribution in [-0.4, -0.2) is 85.2 Å². The minimum absolute atomic E-state index is 0.0120. The van der Waals surface area contributed by atoms with Crippen molar-refractivity contribution in [3.05, 3.63) is 47.9 Å². The van der Waals surface area contributed by atoms with Crippen molar-refractivity contribution >= 4 is 22.7 Å². The van der Waals surface area contributed by atoms with Crippen LogP contribution in [0.25, 0.3) is 10.9 Å². The molecule has 4 rings (SSSR count). The number of aryl methyl sites for hydroxylation is 2. The first-order chi connectivity index (χ1) is 17.3. The van der Waals surface area contributed by atoms with Crippen molar-refractivity contribution in [1.82, 2.24) is 29.4 Å². The Balaban J connectivity index is 1.55. The van der Waals surface area contributed by atoms with Gasteiger partial charge in [-0.05, 0) is 36.9 Å². The lowest BCUT2D eigenvalue weighted by Crippen LogP contribution is -2.47. The Morgan fingerprint density at radius 1 is 1.33 bits per heavy atom. The van der Waals surface area contributed by atoms with Crippen LogP contribution in [0.5, 0.6) is 0 Å². The molecule has 1 N–H and O–H groups in total. The number of likely N-dealkylation sites (N-methyl/N-ethyl adjacent to an activating group) is 1. The Morgan fingerprint density at radius 3 is 2.92 bits per heavy atom. The number of rotatable bonds is 5. The molecule has 194 valence electrons. The highest BCUT2D eigenvalue weighted by atomic mass is 16.5. The molecule has 0 radical (unpaired) electrons. The molecule has 2 amide bonds. The van der Waals surface area contributed by atoms with E-state index in [1.165, 1.54) is 0 Å². The summed E-state index contributed by atoms with van der Waals surface area (Å²) in [5.74, 6) is -0.203. The van der Waals surface area contributed by atoms with Gasteiger partial charge in [0.1, 0.15) is 5.69 Å². The van der Waals surface area contributed by atoms with Crippen LogP contribution in [0.2, 0.25) is 0 Å². The molecule has 0 spiro atoms. The van der Waals surface area contributed by atoms with Crippen molar-refractivity contribution in [3.63, 3.8) is 0 Å². The predicted molar refractivity (Wildman–Crippen MR) is 135 cm³/mol. The fourth-order valence-corrected chi connectivity index (χ4v) is 4.66. The van der Waals surface area contributed by atoms with E-state index in [2.05, 4.69) is 10.3 Å². The van der Waals surface area contributed by atoms with Gasteiger partial charge in [-0.2, -0.15) is 0 Å². The van der Waals surface area contributed by atoms with E-state index >= 15 is 0 Å². The number of carbonyl (C=O) groups excluding carboxylic acids is 2. The summed E-state index contributed by atoms with van der Waals surface area (Å²) in [5.41, 5.74) is 2.32. The monoisotopic (exact) mass is 496 g/mol. The van der Waals surface area contributed by atoms with Gasteiger partial charge in [-0.3, -0.25) is 14.3 Å². The number of fused-ring (bicyclic) bond motifs is 3. The van der Waals surface area contributed by atoms with Crippen LogP contribution in [0.4, 0.5) is 0 Å². The first kappa shape index (κ1) is 25.8. The second kappa shape index (κ2) is 11.2. The van der Waals surface area contributed by atoms with E-state index in [-0.39, 0.29) is 43.1 Å². The zero-order valence-corrected chi connectivity index (χ0v) is 21.5. The van der Waals surface area contributed by atoms with E-state index < -0.39 is 0 Å².